The Morgan fingerprint density at radius 1 is 0.968 bits per heavy atom. The summed E-state index contributed by atoms with van der Waals surface area (Å²) in [6.45, 7) is 12.9. The van der Waals surface area contributed by atoms with E-state index in [4.69, 9.17) is 34.7 Å². The van der Waals surface area contributed by atoms with E-state index in [0.29, 0.717) is 18.4 Å². The van der Waals surface area contributed by atoms with Crippen LogP contribution in [0.15, 0.2) is 42.5 Å². The Balaban J connectivity index is 1.88. The zero-order valence-corrected chi connectivity index (χ0v) is 20.9. The summed E-state index contributed by atoms with van der Waals surface area (Å²) in [6, 6.07) is 15.0. The molecule has 0 atom stereocenters. The molecule has 0 N–H and O–H groups in total. The molecule has 3 rings (SSSR count). The molecule has 1 aliphatic rings. The quantitative estimate of drug-likeness (QED) is 0.338. The fourth-order valence-electron chi connectivity index (χ4n) is 3.54. The van der Waals surface area contributed by atoms with Crippen molar-refractivity contribution < 1.29 is 9.47 Å². The van der Waals surface area contributed by atoms with Crippen LogP contribution >= 0.6 is 25.3 Å². The lowest BCUT2D eigenvalue weighted by molar-refractivity contribution is 0.122. The summed E-state index contributed by atoms with van der Waals surface area (Å²) < 4.78 is 11.6. The van der Waals surface area contributed by atoms with Crippen LogP contribution in [0, 0.1) is 5.92 Å². The van der Waals surface area contributed by atoms with Crippen molar-refractivity contribution in [2.75, 3.05) is 37.8 Å². The maximum Gasteiger partial charge on any atom is 0.127 e. The van der Waals surface area contributed by atoms with E-state index < -0.39 is 0 Å². The summed E-state index contributed by atoms with van der Waals surface area (Å²) in [5.74, 6) is 1.90. The first-order valence-corrected chi connectivity index (χ1v) is 12.1. The smallest absolute Gasteiger partial charge is 0.127 e. The largest absolute Gasteiger partial charge is 0.493 e. The predicted molar refractivity (Wildman–Crippen MR) is 140 cm³/mol. The van der Waals surface area contributed by atoms with Crippen molar-refractivity contribution in [1.29, 1.82) is 0 Å². The van der Waals surface area contributed by atoms with Crippen LogP contribution in [0.4, 0.5) is 5.69 Å². The standard InChI is InChI=1S/C26H35NO2S2/c1-18(2)11-14-29-24-10-7-21(19(3)4)17-23(24)26(31)25(30)20-5-8-22(9-6-20)27-12-15-28-16-13-27/h5-10,17-19,30-31H,11-16H2,1-4H3. The number of ether oxygens (including phenoxy) is 2. The van der Waals surface area contributed by atoms with Crippen molar-refractivity contribution in [2.24, 2.45) is 5.92 Å². The lowest BCUT2D eigenvalue weighted by Crippen LogP contribution is -2.36. The Morgan fingerprint density at radius 3 is 2.26 bits per heavy atom. The highest BCUT2D eigenvalue weighted by Crippen LogP contribution is 2.38. The number of nitrogens with zero attached hydrogens (tertiary/aromatic N) is 1. The number of hydrogen-bond donors (Lipinski definition) is 2. The first-order chi connectivity index (χ1) is 14.9. The fourth-order valence-corrected chi connectivity index (χ4v) is 4.11. The molecule has 5 heteroatoms. The van der Waals surface area contributed by atoms with Gasteiger partial charge in [-0.25, -0.2) is 0 Å². The Morgan fingerprint density at radius 2 is 1.65 bits per heavy atom. The number of anilines is 1. The Bertz CT molecular complexity index is 885. The minimum atomic E-state index is 0.431. The first-order valence-electron chi connectivity index (χ1n) is 11.2. The normalized spacial score (nSPS) is 15.4. The van der Waals surface area contributed by atoms with Gasteiger partial charge in [-0.1, -0.05) is 45.9 Å². The minimum absolute atomic E-state index is 0.431. The third-order valence-corrected chi connectivity index (χ3v) is 6.74. The molecule has 0 amide bonds. The molecule has 1 saturated heterocycles. The molecule has 1 heterocycles. The Kier molecular flexibility index (Phi) is 8.82. The summed E-state index contributed by atoms with van der Waals surface area (Å²) in [4.78, 5) is 4.04. The van der Waals surface area contributed by atoms with Crippen molar-refractivity contribution in [3.8, 4) is 5.75 Å². The van der Waals surface area contributed by atoms with E-state index >= 15 is 0 Å². The van der Waals surface area contributed by atoms with Crippen LogP contribution in [0.1, 0.15) is 56.7 Å². The fraction of sp³-hybridized carbons (Fsp3) is 0.462. The third-order valence-electron chi connectivity index (χ3n) is 5.62. The Hall–Kier alpha value is -1.56. The summed E-state index contributed by atoms with van der Waals surface area (Å²) >= 11 is 9.76. The highest BCUT2D eigenvalue weighted by molar-refractivity contribution is 7.96. The lowest BCUT2D eigenvalue weighted by atomic mass is 9.99. The Labute approximate surface area is 198 Å². The first kappa shape index (κ1) is 24.1. The molecule has 0 radical (unpaired) electrons. The van der Waals surface area contributed by atoms with Gasteiger partial charge in [0.05, 0.1) is 19.8 Å². The highest BCUT2D eigenvalue weighted by atomic mass is 32.1. The van der Waals surface area contributed by atoms with E-state index in [2.05, 4.69) is 75.1 Å². The topological polar surface area (TPSA) is 21.7 Å². The number of benzene rings is 2. The van der Waals surface area contributed by atoms with Gasteiger partial charge < -0.3 is 14.4 Å². The van der Waals surface area contributed by atoms with E-state index in [-0.39, 0.29) is 0 Å². The lowest BCUT2D eigenvalue weighted by Gasteiger charge is -2.29. The van der Waals surface area contributed by atoms with Crippen LogP contribution in [-0.2, 0) is 4.74 Å². The molecular weight excluding hydrogens is 422 g/mol. The van der Waals surface area contributed by atoms with Gasteiger partial charge in [0.15, 0.2) is 0 Å². The van der Waals surface area contributed by atoms with Gasteiger partial charge in [0.25, 0.3) is 0 Å². The van der Waals surface area contributed by atoms with Crippen LogP contribution in [0.5, 0.6) is 5.75 Å². The molecule has 0 unspecified atom stereocenters. The SMILES string of the molecule is CC(C)CCOc1ccc(C(C)C)cc1C(S)=C(S)c1ccc(N2CCOCC2)cc1. The van der Waals surface area contributed by atoms with Crippen molar-refractivity contribution >= 4 is 40.8 Å². The van der Waals surface area contributed by atoms with Gasteiger partial charge in [0.2, 0.25) is 0 Å². The molecule has 0 spiro atoms. The number of morpholine rings is 1. The van der Waals surface area contributed by atoms with Gasteiger partial charge in [-0.3, -0.25) is 0 Å². The molecule has 2 aromatic carbocycles. The molecule has 168 valence electrons. The maximum absolute atomic E-state index is 6.15. The summed E-state index contributed by atoms with van der Waals surface area (Å²) in [6.07, 6.45) is 1.02. The van der Waals surface area contributed by atoms with E-state index in [1.165, 1.54) is 11.3 Å². The van der Waals surface area contributed by atoms with Crippen LogP contribution in [0.25, 0.3) is 9.81 Å². The molecule has 0 aromatic heterocycles. The van der Waals surface area contributed by atoms with Crippen molar-refractivity contribution in [1.82, 2.24) is 0 Å². The summed E-state index contributed by atoms with van der Waals surface area (Å²) in [5, 5.41) is 0. The molecule has 0 saturated carbocycles. The third kappa shape index (κ3) is 6.47. The van der Waals surface area contributed by atoms with E-state index in [0.717, 1.165) is 59.4 Å². The highest BCUT2D eigenvalue weighted by Gasteiger charge is 2.15. The van der Waals surface area contributed by atoms with Crippen LogP contribution in [0.3, 0.4) is 0 Å². The van der Waals surface area contributed by atoms with Gasteiger partial charge in [-0.15, -0.1) is 25.3 Å². The molecule has 1 fully saturated rings. The van der Waals surface area contributed by atoms with Crippen LogP contribution < -0.4 is 9.64 Å². The van der Waals surface area contributed by atoms with Gasteiger partial charge in [-0.2, -0.15) is 0 Å². The second-order valence-electron chi connectivity index (χ2n) is 8.78. The number of rotatable bonds is 8. The molecule has 3 nitrogen and oxygen atoms in total. The van der Waals surface area contributed by atoms with E-state index in [9.17, 15) is 0 Å². The van der Waals surface area contributed by atoms with Crippen LogP contribution in [0.2, 0.25) is 0 Å². The van der Waals surface area contributed by atoms with E-state index in [1.807, 2.05) is 0 Å². The monoisotopic (exact) mass is 457 g/mol. The van der Waals surface area contributed by atoms with E-state index in [1.54, 1.807) is 0 Å². The average Bonchev–Trinajstić information content (AvgIpc) is 2.78. The minimum Gasteiger partial charge on any atom is -0.493 e. The van der Waals surface area contributed by atoms with Crippen LogP contribution in [-0.4, -0.2) is 32.9 Å². The molecule has 0 aliphatic carbocycles. The predicted octanol–water partition coefficient (Wildman–Crippen LogP) is 6.76. The second kappa shape index (κ2) is 11.3. The molecule has 0 bridgehead atoms. The van der Waals surface area contributed by atoms with Crippen molar-refractivity contribution in [2.45, 2.75) is 40.0 Å². The summed E-state index contributed by atoms with van der Waals surface area (Å²) in [5.41, 5.74) is 4.53. The molecule has 31 heavy (non-hydrogen) atoms. The van der Waals surface area contributed by atoms with Crippen molar-refractivity contribution in [3.05, 3.63) is 59.2 Å². The molecule has 1 aliphatic heterocycles. The van der Waals surface area contributed by atoms with Gasteiger partial charge in [-0.05, 0) is 53.6 Å². The zero-order chi connectivity index (χ0) is 22.4. The van der Waals surface area contributed by atoms with Crippen molar-refractivity contribution in [3.63, 3.8) is 0 Å². The number of thiol groups is 2. The maximum atomic E-state index is 6.15. The van der Waals surface area contributed by atoms with Gasteiger partial charge in [0.1, 0.15) is 5.75 Å². The zero-order valence-electron chi connectivity index (χ0n) is 19.1. The second-order valence-corrected chi connectivity index (χ2v) is 9.68. The van der Waals surface area contributed by atoms with Gasteiger partial charge >= 0.3 is 0 Å². The molecular formula is C26H35NO2S2. The average molecular weight is 458 g/mol. The molecule has 2 aromatic rings. The van der Waals surface area contributed by atoms with Gasteiger partial charge in [0, 0.05) is 34.2 Å². The number of hydrogen-bond acceptors (Lipinski definition) is 5. The summed E-state index contributed by atoms with van der Waals surface area (Å²) in [7, 11) is 0.